The Morgan fingerprint density at radius 1 is 1.80 bits per heavy atom. The first-order valence-corrected chi connectivity index (χ1v) is 4.29. The highest BCUT2D eigenvalue weighted by Gasteiger charge is 1.95. The molecular weight excluding hydrogens is 170 g/mol. The van der Waals surface area contributed by atoms with E-state index in [9.17, 15) is 0 Å². The first-order valence-electron chi connectivity index (χ1n) is 2.87. The van der Waals surface area contributed by atoms with Gasteiger partial charge in [0.15, 0.2) is 0 Å². The van der Waals surface area contributed by atoms with Crippen LogP contribution in [0.5, 0.6) is 0 Å². The van der Waals surface area contributed by atoms with E-state index >= 15 is 0 Å². The van der Waals surface area contributed by atoms with Crippen molar-refractivity contribution >= 4 is 22.9 Å². The number of hydrogen-bond donors (Lipinski definition) is 0. The Bertz CT molecular complexity index is 201. The van der Waals surface area contributed by atoms with Crippen molar-refractivity contribution in [1.29, 1.82) is 0 Å². The summed E-state index contributed by atoms with van der Waals surface area (Å²) in [5.41, 5.74) is 0.961. The molecule has 56 valence electrons. The number of alkyl halides is 1. The molecule has 0 aliphatic rings. The van der Waals surface area contributed by atoms with Crippen molar-refractivity contribution in [2.45, 2.75) is 13.5 Å². The van der Waals surface area contributed by atoms with Gasteiger partial charge in [-0.15, -0.1) is 11.3 Å². The van der Waals surface area contributed by atoms with Crippen molar-refractivity contribution in [3.05, 3.63) is 16.1 Å². The number of rotatable bonds is 3. The van der Waals surface area contributed by atoms with Crippen molar-refractivity contribution < 1.29 is 4.74 Å². The van der Waals surface area contributed by atoms with Crippen LogP contribution in [-0.4, -0.2) is 11.1 Å². The fourth-order valence-electron chi connectivity index (χ4n) is 0.618. The highest BCUT2D eigenvalue weighted by atomic mass is 35.5. The van der Waals surface area contributed by atoms with E-state index < -0.39 is 0 Å². The third-order valence-corrected chi connectivity index (χ3v) is 1.97. The van der Waals surface area contributed by atoms with E-state index in [0.717, 1.165) is 10.7 Å². The zero-order valence-electron chi connectivity index (χ0n) is 5.63. The molecule has 0 fully saturated rings. The van der Waals surface area contributed by atoms with Crippen LogP contribution in [0.15, 0.2) is 5.38 Å². The van der Waals surface area contributed by atoms with Crippen LogP contribution in [0.2, 0.25) is 0 Å². The van der Waals surface area contributed by atoms with Gasteiger partial charge >= 0.3 is 0 Å². The van der Waals surface area contributed by atoms with Crippen LogP contribution in [0.1, 0.15) is 10.7 Å². The highest BCUT2D eigenvalue weighted by Crippen LogP contribution is 2.08. The van der Waals surface area contributed by atoms with Crippen molar-refractivity contribution in [3.8, 4) is 0 Å². The summed E-state index contributed by atoms with van der Waals surface area (Å²) < 4.78 is 4.94. The van der Waals surface area contributed by atoms with Crippen LogP contribution in [0, 0.1) is 6.92 Å². The second-order valence-corrected chi connectivity index (χ2v) is 3.10. The second-order valence-electron chi connectivity index (χ2n) is 1.82. The number of aromatic nitrogens is 1. The summed E-state index contributed by atoms with van der Waals surface area (Å²) in [4.78, 5) is 4.18. The molecule has 0 aliphatic carbocycles. The fourth-order valence-corrected chi connectivity index (χ4v) is 1.29. The minimum atomic E-state index is 0.233. The number of halogens is 1. The Morgan fingerprint density at radius 2 is 2.60 bits per heavy atom. The molecule has 0 radical (unpaired) electrons. The molecule has 1 rings (SSSR count). The molecule has 0 N–H and O–H groups in total. The molecule has 4 heteroatoms. The summed E-state index contributed by atoms with van der Waals surface area (Å²) in [6.07, 6.45) is 0. The molecule has 1 aromatic rings. The molecule has 2 nitrogen and oxygen atoms in total. The molecule has 1 aromatic heterocycles. The minimum absolute atomic E-state index is 0.233. The number of thiazole rings is 1. The normalized spacial score (nSPS) is 10.2. The first kappa shape index (κ1) is 7.98. The Hall–Kier alpha value is -0.120. The molecule has 0 spiro atoms. The van der Waals surface area contributed by atoms with Gasteiger partial charge in [0.05, 0.1) is 17.3 Å². The van der Waals surface area contributed by atoms with Crippen molar-refractivity contribution in [2.24, 2.45) is 0 Å². The van der Waals surface area contributed by atoms with Gasteiger partial charge in [0.2, 0.25) is 0 Å². The second kappa shape index (κ2) is 3.91. The van der Waals surface area contributed by atoms with E-state index in [1.165, 1.54) is 0 Å². The highest BCUT2D eigenvalue weighted by molar-refractivity contribution is 7.09. The zero-order chi connectivity index (χ0) is 7.40. The number of nitrogens with zero attached hydrogens (tertiary/aromatic N) is 1. The maximum atomic E-state index is 5.31. The Labute approximate surface area is 68.8 Å². The molecule has 0 amide bonds. The van der Waals surface area contributed by atoms with Gasteiger partial charge in [0, 0.05) is 5.38 Å². The average Bonchev–Trinajstić information content (AvgIpc) is 2.31. The first-order chi connectivity index (χ1) is 4.83. The van der Waals surface area contributed by atoms with Gasteiger partial charge in [-0.3, -0.25) is 0 Å². The summed E-state index contributed by atoms with van der Waals surface area (Å²) in [6.45, 7) is 2.49. The number of hydrogen-bond acceptors (Lipinski definition) is 3. The van der Waals surface area contributed by atoms with Gasteiger partial charge in [-0.25, -0.2) is 4.98 Å². The van der Waals surface area contributed by atoms with Gasteiger partial charge < -0.3 is 4.74 Å². The van der Waals surface area contributed by atoms with Crippen molar-refractivity contribution in [3.63, 3.8) is 0 Å². The van der Waals surface area contributed by atoms with Crippen LogP contribution in [-0.2, 0) is 11.3 Å². The van der Waals surface area contributed by atoms with E-state index in [1.807, 2.05) is 12.3 Å². The maximum absolute atomic E-state index is 5.31. The molecule has 1 heterocycles. The van der Waals surface area contributed by atoms with Crippen LogP contribution < -0.4 is 0 Å². The summed E-state index contributed by atoms with van der Waals surface area (Å²) in [5, 5.41) is 3.04. The van der Waals surface area contributed by atoms with E-state index in [4.69, 9.17) is 16.3 Å². The van der Waals surface area contributed by atoms with E-state index in [0.29, 0.717) is 6.61 Å². The van der Waals surface area contributed by atoms with Crippen molar-refractivity contribution in [1.82, 2.24) is 4.98 Å². The molecule has 0 aromatic carbocycles. The third-order valence-electron chi connectivity index (χ3n) is 0.994. The van der Waals surface area contributed by atoms with Crippen LogP contribution in [0.3, 0.4) is 0 Å². The predicted octanol–water partition coefficient (Wildman–Crippen LogP) is 2.16. The van der Waals surface area contributed by atoms with Gasteiger partial charge in [-0.2, -0.15) is 0 Å². The molecule has 0 saturated carbocycles. The quantitative estimate of drug-likeness (QED) is 0.661. The lowest BCUT2D eigenvalue weighted by Crippen LogP contribution is -1.89. The molecule has 0 atom stereocenters. The molecule has 0 bridgehead atoms. The van der Waals surface area contributed by atoms with Gasteiger partial charge in [0.1, 0.15) is 6.07 Å². The average molecular weight is 178 g/mol. The standard InChI is InChI=1S/C6H8ClNOS/c1-5-8-6(3-10-5)2-9-4-7/h3H,2,4H2,1H3. The molecule has 0 saturated heterocycles. The van der Waals surface area contributed by atoms with Gasteiger partial charge in [-0.05, 0) is 6.92 Å². The van der Waals surface area contributed by atoms with Crippen molar-refractivity contribution in [2.75, 3.05) is 6.07 Å². The zero-order valence-corrected chi connectivity index (χ0v) is 7.21. The largest absolute Gasteiger partial charge is 0.359 e. The van der Waals surface area contributed by atoms with E-state index in [2.05, 4.69) is 4.98 Å². The van der Waals surface area contributed by atoms with Crippen LogP contribution in [0.4, 0.5) is 0 Å². The predicted molar refractivity (Wildman–Crippen MR) is 42.4 cm³/mol. The molecule has 0 aliphatic heterocycles. The monoisotopic (exact) mass is 177 g/mol. The summed E-state index contributed by atoms with van der Waals surface area (Å²) >= 11 is 6.93. The lowest BCUT2D eigenvalue weighted by atomic mass is 10.5. The summed E-state index contributed by atoms with van der Waals surface area (Å²) in [6, 6.07) is 0.233. The van der Waals surface area contributed by atoms with Gasteiger partial charge in [-0.1, -0.05) is 11.6 Å². The Morgan fingerprint density at radius 3 is 3.10 bits per heavy atom. The van der Waals surface area contributed by atoms with Crippen LogP contribution >= 0.6 is 22.9 Å². The van der Waals surface area contributed by atoms with Gasteiger partial charge in [0.25, 0.3) is 0 Å². The number of aryl methyl sites for hydroxylation is 1. The topological polar surface area (TPSA) is 22.1 Å². The van der Waals surface area contributed by atoms with E-state index in [1.54, 1.807) is 11.3 Å². The minimum Gasteiger partial charge on any atom is -0.359 e. The third kappa shape index (κ3) is 2.25. The Balaban J connectivity index is 2.42. The smallest absolute Gasteiger partial charge is 0.121 e. The SMILES string of the molecule is Cc1nc(COCCl)cs1. The fraction of sp³-hybridized carbons (Fsp3) is 0.500. The number of ether oxygens (including phenoxy) is 1. The van der Waals surface area contributed by atoms with Crippen LogP contribution in [0.25, 0.3) is 0 Å². The summed E-state index contributed by atoms with van der Waals surface area (Å²) in [5.74, 6) is 0. The maximum Gasteiger partial charge on any atom is 0.121 e. The molecular formula is C6H8ClNOS. The lowest BCUT2D eigenvalue weighted by molar-refractivity contribution is 0.162. The molecule has 10 heavy (non-hydrogen) atoms. The molecule has 0 unspecified atom stereocenters. The van der Waals surface area contributed by atoms with E-state index in [-0.39, 0.29) is 6.07 Å². The Kier molecular flexibility index (Phi) is 3.12. The lowest BCUT2D eigenvalue weighted by Gasteiger charge is -1.92. The summed E-state index contributed by atoms with van der Waals surface area (Å²) in [7, 11) is 0.